The number of thioether (sulfide) groups is 1. The van der Waals surface area contributed by atoms with Gasteiger partial charge in [-0.1, -0.05) is 11.8 Å². The Labute approximate surface area is 68.8 Å². The van der Waals surface area contributed by atoms with Gasteiger partial charge >= 0.3 is 0 Å². The molecule has 2 N–H and O–H groups in total. The largest absolute Gasteiger partial charge is 0.399 e. The van der Waals surface area contributed by atoms with Crippen LogP contribution in [-0.2, 0) is 11.2 Å². The number of carbonyl (C=O) groups is 1. The van der Waals surface area contributed by atoms with E-state index in [4.69, 9.17) is 5.73 Å². The summed E-state index contributed by atoms with van der Waals surface area (Å²) in [6.45, 7) is 0. The summed E-state index contributed by atoms with van der Waals surface area (Å²) in [5.74, 6) is 0. The lowest BCUT2D eigenvalue weighted by molar-refractivity contribution is -0.110. The molecule has 0 amide bonds. The second-order valence-electron chi connectivity index (χ2n) is 2.52. The van der Waals surface area contributed by atoms with Gasteiger partial charge in [-0.3, -0.25) is 4.79 Å². The van der Waals surface area contributed by atoms with Gasteiger partial charge in [0.2, 0.25) is 0 Å². The van der Waals surface area contributed by atoms with E-state index in [-0.39, 0.29) is 5.12 Å². The van der Waals surface area contributed by atoms with Crippen LogP contribution in [-0.4, -0.2) is 5.12 Å². The minimum absolute atomic E-state index is 0.214. The Bertz CT molecular complexity index is 322. The fraction of sp³-hybridized carbons (Fsp3) is 0.125. The van der Waals surface area contributed by atoms with E-state index in [0.29, 0.717) is 6.42 Å². The van der Waals surface area contributed by atoms with Gasteiger partial charge in [-0.25, -0.2) is 0 Å². The number of carbonyl (C=O) groups excluding carboxylic acids is 1. The second kappa shape index (κ2) is 2.27. The Hall–Kier alpha value is -0.960. The molecule has 0 atom stereocenters. The summed E-state index contributed by atoms with van der Waals surface area (Å²) in [4.78, 5) is 12.0. The van der Waals surface area contributed by atoms with Crippen molar-refractivity contribution >= 4 is 22.6 Å². The van der Waals surface area contributed by atoms with E-state index in [1.807, 2.05) is 18.2 Å². The highest BCUT2D eigenvalue weighted by atomic mass is 32.2. The molecule has 3 heteroatoms. The molecule has 56 valence electrons. The van der Waals surface area contributed by atoms with Crippen molar-refractivity contribution in [1.29, 1.82) is 0 Å². The standard InChI is InChI=1S/C8H7NOS/c9-6-1-2-7-5(3-6)4-8(10)11-7/h1-3H,4,9H2. The summed E-state index contributed by atoms with van der Waals surface area (Å²) in [5, 5.41) is 0.214. The molecule has 1 aliphatic heterocycles. The Morgan fingerprint density at radius 3 is 3.09 bits per heavy atom. The van der Waals surface area contributed by atoms with Gasteiger partial charge in [0.25, 0.3) is 0 Å². The van der Waals surface area contributed by atoms with Gasteiger partial charge in [0.05, 0.1) is 0 Å². The minimum atomic E-state index is 0.214. The van der Waals surface area contributed by atoms with Crippen molar-refractivity contribution in [2.45, 2.75) is 11.3 Å². The van der Waals surface area contributed by atoms with E-state index in [1.54, 1.807) is 0 Å². The molecular weight excluding hydrogens is 158 g/mol. The first kappa shape index (κ1) is 6.73. The molecule has 0 aliphatic carbocycles. The molecule has 11 heavy (non-hydrogen) atoms. The lowest BCUT2D eigenvalue weighted by Gasteiger charge is -1.96. The molecule has 0 aromatic heterocycles. The summed E-state index contributed by atoms with van der Waals surface area (Å²) in [7, 11) is 0. The second-order valence-corrected chi connectivity index (χ2v) is 3.62. The van der Waals surface area contributed by atoms with E-state index in [2.05, 4.69) is 0 Å². The maximum atomic E-state index is 10.9. The molecule has 0 fully saturated rings. The average molecular weight is 165 g/mol. The zero-order chi connectivity index (χ0) is 7.84. The van der Waals surface area contributed by atoms with E-state index in [1.165, 1.54) is 11.8 Å². The molecule has 0 bridgehead atoms. The fourth-order valence-corrected chi connectivity index (χ4v) is 2.02. The molecule has 1 aromatic carbocycles. The quantitative estimate of drug-likeness (QED) is 0.591. The predicted octanol–water partition coefficient (Wildman–Crippen LogP) is 1.44. The first-order valence-corrected chi connectivity index (χ1v) is 4.16. The van der Waals surface area contributed by atoms with Gasteiger partial charge in [0, 0.05) is 17.0 Å². The number of anilines is 1. The molecule has 1 aliphatic rings. The van der Waals surface area contributed by atoms with Crippen molar-refractivity contribution in [3.05, 3.63) is 23.8 Å². The van der Waals surface area contributed by atoms with Crippen LogP contribution in [0.1, 0.15) is 5.56 Å². The number of hydrogen-bond acceptors (Lipinski definition) is 3. The predicted molar refractivity (Wildman–Crippen MR) is 45.4 cm³/mol. The monoisotopic (exact) mass is 165 g/mol. The molecular formula is C8H7NOS. The van der Waals surface area contributed by atoms with Crippen LogP contribution in [0.3, 0.4) is 0 Å². The van der Waals surface area contributed by atoms with Gasteiger partial charge in [0.1, 0.15) is 0 Å². The van der Waals surface area contributed by atoms with Crippen LogP contribution in [0.4, 0.5) is 5.69 Å². The third-order valence-electron chi connectivity index (χ3n) is 1.64. The van der Waals surface area contributed by atoms with Crippen LogP contribution in [0.2, 0.25) is 0 Å². The lowest BCUT2D eigenvalue weighted by atomic mass is 10.1. The normalized spacial score (nSPS) is 15.1. The molecule has 0 unspecified atom stereocenters. The lowest BCUT2D eigenvalue weighted by Crippen LogP contribution is -1.89. The van der Waals surface area contributed by atoms with E-state index in [0.717, 1.165) is 16.1 Å². The summed E-state index contributed by atoms with van der Waals surface area (Å²) in [6, 6.07) is 5.60. The molecule has 0 saturated heterocycles. The van der Waals surface area contributed by atoms with Gasteiger partial charge in [-0.05, 0) is 23.8 Å². The van der Waals surface area contributed by atoms with Crippen LogP contribution in [0.25, 0.3) is 0 Å². The summed E-state index contributed by atoms with van der Waals surface area (Å²) in [6.07, 6.45) is 0.533. The Kier molecular flexibility index (Phi) is 1.39. The molecule has 0 saturated carbocycles. The molecule has 2 nitrogen and oxygen atoms in total. The van der Waals surface area contributed by atoms with Crippen molar-refractivity contribution in [3.63, 3.8) is 0 Å². The molecule has 0 radical (unpaired) electrons. The molecule has 0 spiro atoms. The number of nitrogens with two attached hydrogens (primary N) is 1. The highest BCUT2D eigenvalue weighted by molar-refractivity contribution is 8.14. The number of fused-ring (bicyclic) bond motifs is 1. The Morgan fingerprint density at radius 2 is 2.27 bits per heavy atom. The fourth-order valence-electron chi connectivity index (χ4n) is 1.15. The number of nitrogen functional groups attached to an aromatic ring is 1. The molecule has 1 aromatic rings. The summed E-state index contributed by atoms with van der Waals surface area (Å²) < 4.78 is 0. The zero-order valence-electron chi connectivity index (χ0n) is 5.83. The smallest absolute Gasteiger partial charge is 0.198 e. The summed E-state index contributed by atoms with van der Waals surface area (Å²) >= 11 is 1.31. The first-order chi connectivity index (χ1) is 5.25. The van der Waals surface area contributed by atoms with Crippen molar-refractivity contribution in [1.82, 2.24) is 0 Å². The third kappa shape index (κ3) is 1.12. The number of hydrogen-bond donors (Lipinski definition) is 1. The van der Waals surface area contributed by atoms with Crippen LogP contribution < -0.4 is 5.73 Å². The van der Waals surface area contributed by atoms with E-state index >= 15 is 0 Å². The van der Waals surface area contributed by atoms with Crippen molar-refractivity contribution in [2.24, 2.45) is 0 Å². The average Bonchev–Trinajstić information content (AvgIpc) is 2.27. The van der Waals surface area contributed by atoms with Crippen LogP contribution in [0.5, 0.6) is 0 Å². The maximum absolute atomic E-state index is 10.9. The highest BCUT2D eigenvalue weighted by Crippen LogP contribution is 2.33. The maximum Gasteiger partial charge on any atom is 0.198 e. The van der Waals surface area contributed by atoms with Crippen molar-refractivity contribution in [3.8, 4) is 0 Å². The summed E-state index contributed by atoms with van der Waals surface area (Å²) in [5.41, 5.74) is 7.36. The Morgan fingerprint density at radius 1 is 1.45 bits per heavy atom. The Balaban J connectivity index is 2.51. The number of rotatable bonds is 0. The van der Waals surface area contributed by atoms with Gasteiger partial charge in [-0.2, -0.15) is 0 Å². The zero-order valence-corrected chi connectivity index (χ0v) is 6.65. The number of benzene rings is 1. The third-order valence-corrected chi connectivity index (χ3v) is 2.63. The van der Waals surface area contributed by atoms with E-state index in [9.17, 15) is 4.79 Å². The van der Waals surface area contributed by atoms with Gasteiger partial charge in [0.15, 0.2) is 5.12 Å². The van der Waals surface area contributed by atoms with E-state index < -0.39 is 0 Å². The van der Waals surface area contributed by atoms with Crippen molar-refractivity contribution in [2.75, 3.05) is 5.73 Å². The topological polar surface area (TPSA) is 43.1 Å². The van der Waals surface area contributed by atoms with Crippen molar-refractivity contribution < 1.29 is 4.79 Å². The molecule has 2 rings (SSSR count). The van der Waals surface area contributed by atoms with Gasteiger partial charge < -0.3 is 5.73 Å². The molecule has 1 heterocycles. The van der Waals surface area contributed by atoms with Crippen LogP contribution >= 0.6 is 11.8 Å². The minimum Gasteiger partial charge on any atom is -0.399 e. The van der Waals surface area contributed by atoms with Crippen LogP contribution in [0, 0.1) is 0 Å². The van der Waals surface area contributed by atoms with Gasteiger partial charge in [-0.15, -0.1) is 0 Å². The highest BCUT2D eigenvalue weighted by Gasteiger charge is 2.18. The SMILES string of the molecule is Nc1ccc2c(c1)CC(=O)S2. The van der Waals surface area contributed by atoms with Crippen LogP contribution in [0.15, 0.2) is 23.1 Å². The first-order valence-electron chi connectivity index (χ1n) is 3.35.